The van der Waals surface area contributed by atoms with Gasteiger partial charge in [0.1, 0.15) is 6.10 Å². The summed E-state index contributed by atoms with van der Waals surface area (Å²) < 4.78 is 23.1. The van der Waals surface area contributed by atoms with Crippen molar-refractivity contribution in [3.8, 4) is 0 Å². The van der Waals surface area contributed by atoms with Crippen molar-refractivity contribution < 1.29 is 28.5 Å². The maximum absolute atomic E-state index is 11.8. The molecule has 1 N–H and O–H groups in total. The second kappa shape index (κ2) is 10.2. The zero-order valence-corrected chi connectivity index (χ0v) is 15.9. The van der Waals surface area contributed by atoms with Gasteiger partial charge in [0.15, 0.2) is 12.4 Å². The van der Waals surface area contributed by atoms with E-state index in [4.69, 9.17) is 18.9 Å². The van der Waals surface area contributed by atoms with E-state index in [-0.39, 0.29) is 12.5 Å². The van der Waals surface area contributed by atoms with Crippen LogP contribution in [0.15, 0.2) is 43.0 Å². The van der Waals surface area contributed by atoms with Gasteiger partial charge in [0.2, 0.25) is 5.91 Å². The first-order valence-corrected chi connectivity index (χ1v) is 8.90. The lowest BCUT2D eigenvalue weighted by atomic mass is 9.96. The zero-order chi connectivity index (χ0) is 19.8. The van der Waals surface area contributed by atoms with Crippen LogP contribution in [0.4, 0.5) is 0 Å². The van der Waals surface area contributed by atoms with Crippen LogP contribution in [0, 0.1) is 0 Å². The molecule has 1 aromatic carbocycles. The molecule has 27 heavy (non-hydrogen) atoms. The number of hydrogen-bond acceptors (Lipinski definition) is 6. The summed E-state index contributed by atoms with van der Waals surface area (Å²) in [6.07, 6.45) is -0.999. The summed E-state index contributed by atoms with van der Waals surface area (Å²) in [6, 6.07) is 9.00. The van der Waals surface area contributed by atoms with Crippen molar-refractivity contribution >= 4 is 11.9 Å². The predicted octanol–water partition coefficient (Wildman–Crippen LogP) is 1.96. The highest BCUT2D eigenvalue weighted by atomic mass is 16.7. The highest BCUT2D eigenvalue weighted by Gasteiger charge is 2.47. The maximum atomic E-state index is 11.8. The molecule has 7 nitrogen and oxygen atoms in total. The number of ether oxygens (including phenoxy) is 4. The van der Waals surface area contributed by atoms with Crippen LogP contribution in [0.5, 0.6) is 0 Å². The molecule has 148 valence electrons. The van der Waals surface area contributed by atoms with E-state index in [0.717, 1.165) is 5.56 Å². The first kappa shape index (κ1) is 21.1. The fraction of sp³-hybridized carbons (Fsp3) is 0.500. The summed E-state index contributed by atoms with van der Waals surface area (Å²) in [4.78, 5) is 23.3. The molecule has 5 atom stereocenters. The number of carbonyl (C=O) groups excluding carboxylic acids is 2. The minimum Gasteiger partial charge on any atom is -0.457 e. The third kappa shape index (κ3) is 6.16. The van der Waals surface area contributed by atoms with Crippen LogP contribution in [0.25, 0.3) is 0 Å². The van der Waals surface area contributed by atoms with Crippen LogP contribution in [0.2, 0.25) is 0 Å². The number of amides is 1. The lowest BCUT2D eigenvalue weighted by Gasteiger charge is -2.44. The van der Waals surface area contributed by atoms with Crippen LogP contribution in [0.1, 0.15) is 26.3 Å². The Bertz CT molecular complexity index is 635. The summed E-state index contributed by atoms with van der Waals surface area (Å²) in [5.74, 6) is -0.722. The summed E-state index contributed by atoms with van der Waals surface area (Å²) >= 11 is 0. The maximum Gasteiger partial charge on any atom is 0.303 e. The van der Waals surface area contributed by atoms with E-state index in [1.54, 1.807) is 13.0 Å². The first-order valence-electron chi connectivity index (χ1n) is 8.90. The highest BCUT2D eigenvalue weighted by molar-refractivity contribution is 5.73. The summed E-state index contributed by atoms with van der Waals surface area (Å²) in [6.45, 7) is 8.68. The Morgan fingerprint density at radius 3 is 2.48 bits per heavy atom. The Labute approximate surface area is 159 Å². The molecule has 7 heteroatoms. The molecule has 0 radical (unpaired) electrons. The Hall–Kier alpha value is -2.22. The molecule has 0 bridgehead atoms. The van der Waals surface area contributed by atoms with Crippen molar-refractivity contribution in [2.24, 2.45) is 0 Å². The lowest BCUT2D eigenvalue weighted by Crippen LogP contribution is -2.65. The van der Waals surface area contributed by atoms with Crippen LogP contribution in [-0.2, 0) is 35.1 Å². The smallest absolute Gasteiger partial charge is 0.303 e. The molecule has 1 amide bonds. The van der Waals surface area contributed by atoms with Crippen LogP contribution < -0.4 is 5.32 Å². The van der Waals surface area contributed by atoms with Crippen molar-refractivity contribution in [2.75, 3.05) is 6.61 Å². The fourth-order valence-electron chi connectivity index (χ4n) is 3.02. The molecule has 1 aliphatic heterocycles. The minimum atomic E-state index is -0.745. The first-order chi connectivity index (χ1) is 12.9. The van der Waals surface area contributed by atoms with Gasteiger partial charge in [-0.2, -0.15) is 0 Å². The third-order valence-corrected chi connectivity index (χ3v) is 4.12. The number of carbonyl (C=O) groups is 2. The molecule has 0 saturated carbocycles. The van der Waals surface area contributed by atoms with Crippen molar-refractivity contribution in [1.82, 2.24) is 5.32 Å². The Morgan fingerprint density at radius 2 is 1.89 bits per heavy atom. The lowest BCUT2D eigenvalue weighted by molar-refractivity contribution is -0.281. The monoisotopic (exact) mass is 377 g/mol. The van der Waals surface area contributed by atoms with E-state index in [9.17, 15) is 9.59 Å². The highest BCUT2D eigenvalue weighted by Crippen LogP contribution is 2.27. The van der Waals surface area contributed by atoms with Gasteiger partial charge in [-0.25, -0.2) is 0 Å². The second-order valence-electron chi connectivity index (χ2n) is 6.39. The molecule has 1 saturated heterocycles. The quantitative estimate of drug-likeness (QED) is 0.551. The molecule has 1 aromatic rings. The van der Waals surface area contributed by atoms with Crippen molar-refractivity contribution in [1.29, 1.82) is 0 Å². The second-order valence-corrected chi connectivity index (χ2v) is 6.39. The van der Waals surface area contributed by atoms with Gasteiger partial charge in [0.05, 0.1) is 25.4 Å². The molecule has 0 spiro atoms. The van der Waals surface area contributed by atoms with E-state index in [2.05, 4.69) is 11.9 Å². The van der Waals surface area contributed by atoms with Gasteiger partial charge in [-0.15, -0.1) is 6.58 Å². The molecule has 0 unspecified atom stereocenters. The Morgan fingerprint density at radius 1 is 1.19 bits per heavy atom. The van der Waals surface area contributed by atoms with Gasteiger partial charge < -0.3 is 24.3 Å². The average molecular weight is 377 g/mol. The molecule has 0 aliphatic carbocycles. The van der Waals surface area contributed by atoms with E-state index in [0.29, 0.717) is 6.61 Å². The van der Waals surface area contributed by atoms with E-state index in [1.807, 2.05) is 30.3 Å². The molecule has 2 rings (SSSR count). The zero-order valence-electron chi connectivity index (χ0n) is 15.9. The number of rotatable bonds is 8. The average Bonchev–Trinajstić information content (AvgIpc) is 2.62. The van der Waals surface area contributed by atoms with Crippen LogP contribution in [0.3, 0.4) is 0 Å². The Kier molecular flexibility index (Phi) is 7.97. The fourth-order valence-corrected chi connectivity index (χ4v) is 3.02. The molecule has 1 fully saturated rings. The summed E-state index contributed by atoms with van der Waals surface area (Å²) in [5, 5.41) is 2.83. The number of nitrogens with one attached hydrogen (secondary N) is 1. The summed E-state index contributed by atoms with van der Waals surface area (Å²) in [7, 11) is 0. The molecule has 0 aromatic heterocycles. The standard InChI is InChI=1S/C20H27NO6/c1-5-11-24-20-19(25-12-16-9-7-6-8-10-16)17(21-14(3)22)18(13(2)26-20)27-15(4)23/h5-10,13,17-20H,1,11-12H2,2-4H3,(H,21,22)/t13-,17+,18+,19-,20+/m1/s1. The van der Waals surface area contributed by atoms with Crippen LogP contribution in [-0.4, -0.2) is 49.1 Å². The van der Waals surface area contributed by atoms with Gasteiger partial charge >= 0.3 is 5.97 Å². The molecule has 1 aliphatic rings. The van der Waals surface area contributed by atoms with E-state index < -0.39 is 36.6 Å². The normalized spacial score (nSPS) is 27.6. The van der Waals surface area contributed by atoms with Gasteiger partial charge in [0, 0.05) is 13.8 Å². The van der Waals surface area contributed by atoms with E-state index in [1.165, 1.54) is 13.8 Å². The SMILES string of the molecule is C=CCO[C@H]1O[C@H](C)[C@H](OC(C)=O)[C@H](NC(C)=O)[C@H]1OCc1ccccc1. The molecule has 1 heterocycles. The topological polar surface area (TPSA) is 83.1 Å². The summed E-state index contributed by atoms with van der Waals surface area (Å²) in [5.41, 5.74) is 0.962. The van der Waals surface area contributed by atoms with Crippen molar-refractivity contribution in [3.63, 3.8) is 0 Å². The minimum absolute atomic E-state index is 0.258. The largest absolute Gasteiger partial charge is 0.457 e. The number of esters is 1. The van der Waals surface area contributed by atoms with Gasteiger partial charge in [-0.3, -0.25) is 9.59 Å². The van der Waals surface area contributed by atoms with E-state index >= 15 is 0 Å². The number of benzene rings is 1. The molecular formula is C20H27NO6. The Balaban J connectivity index is 2.25. The van der Waals surface area contributed by atoms with Gasteiger partial charge in [0.25, 0.3) is 0 Å². The van der Waals surface area contributed by atoms with Crippen molar-refractivity contribution in [2.45, 2.75) is 58.0 Å². The third-order valence-electron chi connectivity index (χ3n) is 4.12. The van der Waals surface area contributed by atoms with Crippen molar-refractivity contribution in [3.05, 3.63) is 48.6 Å². The van der Waals surface area contributed by atoms with Gasteiger partial charge in [-0.1, -0.05) is 36.4 Å². The number of hydrogen-bond donors (Lipinski definition) is 1. The van der Waals surface area contributed by atoms with Crippen LogP contribution >= 0.6 is 0 Å². The molecular weight excluding hydrogens is 350 g/mol. The predicted molar refractivity (Wildman–Crippen MR) is 98.7 cm³/mol. The van der Waals surface area contributed by atoms with Gasteiger partial charge in [-0.05, 0) is 12.5 Å².